The largest absolute Gasteiger partial charge is 0.494 e. The number of anilines is 2. The number of furan rings is 1. The molecule has 1 heterocycles. The van der Waals surface area contributed by atoms with E-state index in [2.05, 4.69) is 10.6 Å². The van der Waals surface area contributed by atoms with E-state index in [0.29, 0.717) is 22.9 Å². The van der Waals surface area contributed by atoms with Crippen LogP contribution < -0.4 is 20.1 Å². The number of amides is 2. The zero-order valence-corrected chi connectivity index (χ0v) is 16.4. The standard InChI is InChI=1S/C22H22N2O5/c1-22(2,29-16-8-5-4-6-9-16)21(26)23-15-11-12-17(19(14-15)27-3)24-20(25)18-10-7-13-28-18/h4-14H,1-3H3,(H,23,26)(H,24,25). The third-order valence-electron chi connectivity index (χ3n) is 4.12. The minimum atomic E-state index is -1.10. The summed E-state index contributed by atoms with van der Waals surface area (Å²) in [7, 11) is 1.48. The molecule has 7 nitrogen and oxygen atoms in total. The van der Waals surface area contributed by atoms with E-state index in [0.717, 1.165) is 0 Å². The molecule has 150 valence electrons. The van der Waals surface area contributed by atoms with Crippen molar-refractivity contribution in [3.8, 4) is 11.5 Å². The molecule has 7 heteroatoms. The molecule has 29 heavy (non-hydrogen) atoms. The number of benzene rings is 2. The number of para-hydroxylation sites is 1. The van der Waals surface area contributed by atoms with E-state index in [1.54, 1.807) is 56.3 Å². The molecule has 3 aromatic rings. The summed E-state index contributed by atoms with van der Waals surface area (Å²) in [6.07, 6.45) is 1.42. The van der Waals surface area contributed by atoms with Gasteiger partial charge < -0.3 is 24.5 Å². The number of hydrogen-bond acceptors (Lipinski definition) is 5. The zero-order valence-electron chi connectivity index (χ0n) is 16.4. The molecule has 0 fully saturated rings. The SMILES string of the molecule is COc1cc(NC(=O)C(C)(C)Oc2ccccc2)ccc1NC(=O)c1ccco1. The van der Waals surface area contributed by atoms with Crippen molar-refractivity contribution in [3.63, 3.8) is 0 Å². The first-order valence-electron chi connectivity index (χ1n) is 8.97. The molecule has 0 unspecified atom stereocenters. The maximum Gasteiger partial charge on any atom is 0.291 e. The molecule has 3 rings (SSSR count). The molecule has 2 amide bonds. The van der Waals surface area contributed by atoms with E-state index >= 15 is 0 Å². The second-order valence-electron chi connectivity index (χ2n) is 6.73. The Morgan fingerprint density at radius 1 is 0.966 bits per heavy atom. The topological polar surface area (TPSA) is 89.8 Å². The Bertz CT molecular complexity index is 982. The van der Waals surface area contributed by atoms with Gasteiger partial charge in [0.25, 0.3) is 11.8 Å². The lowest BCUT2D eigenvalue weighted by atomic mass is 10.1. The van der Waals surface area contributed by atoms with Crippen LogP contribution in [0.4, 0.5) is 11.4 Å². The average Bonchev–Trinajstić information content (AvgIpc) is 3.24. The van der Waals surface area contributed by atoms with Gasteiger partial charge in [-0.3, -0.25) is 9.59 Å². The second kappa shape index (κ2) is 8.52. The van der Waals surface area contributed by atoms with Gasteiger partial charge in [0.15, 0.2) is 11.4 Å². The monoisotopic (exact) mass is 394 g/mol. The normalized spacial score (nSPS) is 10.9. The molecule has 1 aromatic heterocycles. The maximum absolute atomic E-state index is 12.7. The summed E-state index contributed by atoms with van der Waals surface area (Å²) in [5.74, 6) is 0.452. The number of nitrogens with one attached hydrogen (secondary N) is 2. The molecule has 2 aromatic carbocycles. The van der Waals surface area contributed by atoms with Crippen LogP contribution in [0, 0.1) is 0 Å². The second-order valence-corrected chi connectivity index (χ2v) is 6.73. The number of carbonyl (C=O) groups excluding carboxylic acids is 2. The first-order valence-corrected chi connectivity index (χ1v) is 8.97. The van der Waals surface area contributed by atoms with Gasteiger partial charge in [-0.2, -0.15) is 0 Å². The van der Waals surface area contributed by atoms with Crippen molar-refractivity contribution in [3.05, 3.63) is 72.7 Å². The summed E-state index contributed by atoms with van der Waals surface area (Å²) in [5.41, 5.74) is -0.139. The number of carbonyl (C=O) groups is 2. The van der Waals surface area contributed by atoms with Crippen LogP contribution in [0.2, 0.25) is 0 Å². The van der Waals surface area contributed by atoms with Gasteiger partial charge >= 0.3 is 0 Å². The fraction of sp³-hybridized carbons (Fsp3) is 0.182. The van der Waals surface area contributed by atoms with Crippen LogP contribution in [-0.4, -0.2) is 24.5 Å². The molecular weight excluding hydrogens is 372 g/mol. The van der Waals surface area contributed by atoms with Crippen molar-refractivity contribution in [1.29, 1.82) is 0 Å². The highest BCUT2D eigenvalue weighted by Gasteiger charge is 2.30. The summed E-state index contributed by atoms with van der Waals surface area (Å²) < 4.78 is 16.2. The molecular formula is C22H22N2O5. The molecule has 2 N–H and O–H groups in total. The lowest BCUT2D eigenvalue weighted by molar-refractivity contribution is -0.128. The number of hydrogen-bond donors (Lipinski definition) is 2. The van der Waals surface area contributed by atoms with Gasteiger partial charge in [-0.25, -0.2) is 0 Å². The quantitative estimate of drug-likeness (QED) is 0.622. The van der Waals surface area contributed by atoms with E-state index in [4.69, 9.17) is 13.9 Å². The van der Waals surface area contributed by atoms with Gasteiger partial charge in [0.05, 0.1) is 19.1 Å². The van der Waals surface area contributed by atoms with Crippen molar-refractivity contribution in [2.45, 2.75) is 19.4 Å². The molecule has 0 aliphatic rings. The molecule has 0 saturated carbocycles. The Hall–Kier alpha value is -3.74. The van der Waals surface area contributed by atoms with Crippen LogP contribution in [0.25, 0.3) is 0 Å². The molecule has 0 radical (unpaired) electrons. The van der Waals surface area contributed by atoms with E-state index in [-0.39, 0.29) is 11.7 Å². The first-order chi connectivity index (χ1) is 13.9. The van der Waals surface area contributed by atoms with Gasteiger partial charge in [0.2, 0.25) is 0 Å². The molecule has 0 atom stereocenters. The minimum Gasteiger partial charge on any atom is -0.494 e. The van der Waals surface area contributed by atoms with E-state index in [1.807, 2.05) is 18.2 Å². The summed E-state index contributed by atoms with van der Waals surface area (Å²) in [6.45, 7) is 3.37. The molecule has 0 spiro atoms. The third kappa shape index (κ3) is 4.95. The van der Waals surface area contributed by atoms with Gasteiger partial charge in [-0.05, 0) is 50.2 Å². The average molecular weight is 394 g/mol. The third-order valence-corrected chi connectivity index (χ3v) is 4.12. The minimum absolute atomic E-state index is 0.184. The summed E-state index contributed by atoms with van der Waals surface area (Å²) >= 11 is 0. The van der Waals surface area contributed by atoms with Gasteiger partial charge in [-0.15, -0.1) is 0 Å². The molecule has 0 bridgehead atoms. The fourth-order valence-corrected chi connectivity index (χ4v) is 2.58. The van der Waals surface area contributed by atoms with Crippen molar-refractivity contribution in [1.82, 2.24) is 0 Å². The van der Waals surface area contributed by atoms with Gasteiger partial charge in [-0.1, -0.05) is 18.2 Å². The Labute approximate surface area is 168 Å². The molecule has 0 aliphatic carbocycles. The summed E-state index contributed by atoms with van der Waals surface area (Å²) in [4.78, 5) is 24.9. The molecule has 0 aliphatic heterocycles. The van der Waals surface area contributed by atoms with Crippen molar-refractivity contribution in [2.24, 2.45) is 0 Å². The van der Waals surface area contributed by atoms with Crippen LogP contribution in [-0.2, 0) is 4.79 Å². The Morgan fingerprint density at radius 3 is 2.38 bits per heavy atom. The zero-order chi connectivity index (χ0) is 20.9. The highest BCUT2D eigenvalue weighted by molar-refractivity contribution is 6.03. The fourth-order valence-electron chi connectivity index (χ4n) is 2.58. The van der Waals surface area contributed by atoms with E-state index in [9.17, 15) is 9.59 Å². The van der Waals surface area contributed by atoms with Crippen LogP contribution in [0.5, 0.6) is 11.5 Å². The van der Waals surface area contributed by atoms with Crippen LogP contribution >= 0.6 is 0 Å². The van der Waals surface area contributed by atoms with Crippen molar-refractivity contribution in [2.75, 3.05) is 17.7 Å². The first kappa shape index (κ1) is 20.0. The Balaban J connectivity index is 1.70. The summed E-state index contributed by atoms with van der Waals surface area (Å²) in [5, 5.41) is 5.52. The Morgan fingerprint density at radius 2 is 1.72 bits per heavy atom. The maximum atomic E-state index is 12.7. The number of ether oxygens (including phenoxy) is 2. The predicted molar refractivity (Wildman–Crippen MR) is 109 cm³/mol. The Kier molecular flexibility index (Phi) is 5.87. The van der Waals surface area contributed by atoms with E-state index < -0.39 is 11.5 Å². The van der Waals surface area contributed by atoms with E-state index in [1.165, 1.54) is 13.4 Å². The smallest absolute Gasteiger partial charge is 0.291 e. The highest BCUT2D eigenvalue weighted by Crippen LogP contribution is 2.29. The van der Waals surface area contributed by atoms with Gasteiger partial charge in [0.1, 0.15) is 11.5 Å². The predicted octanol–water partition coefficient (Wildman–Crippen LogP) is 4.34. The van der Waals surface area contributed by atoms with Crippen LogP contribution in [0.15, 0.2) is 71.3 Å². The number of rotatable bonds is 7. The van der Waals surface area contributed by atoms with Gasteiger partial charge in [0, 0.05) is 11.8 Å². The highest BCUT2D eigenvalue weighted by atomic mass is 16.5. The lowest BCUT2D eigenvalue weighted by Gasteiger charge is -2.25. The van der Waals surface area contributed by atoms with Crippen molar-refractivity contribution >= 4 is 23.2 Å². The van der Waals surface area contributed by atoms with Crippen molar-refractivity contribution < 1.29 is 23.5 Å². The van der Waals surface area contributed by atoms with Crippen LogP contribution in [0.3, 0.4) is 0 Å². The number of methoxy groups -OCH3 is 1. The lowest BCUT2D eigenvalue weighted by Crippen LogP contribution is -2.42. The summed E-state index contributed by atoms with van der Waals surface area (Å²) in [6, 6.07) is 17.2. The molecule has 0 saturated heterocycles. The van der Waals surface area contributed by atoms with Crippen LogP contribution in [0.1, 0.15) is 24.4 Å².